The fraction of sp³-hybridized carbons (Fsp3) is 0.557. The van der Waals surface area contributed by atoms with Crippen molar-refractivity contribution in [2.75, 3.05) is 0 Å². The van der Waals surface area contributed by atoms with E-state index in [0.29, 0.717) is 47.5 Å². The molecule has 0 saturated heterocycles. The van der Waals surface area contributed by atoms with Gasteiger partial charge in [-0.3, -0.25) is 14.6 Å². The summed E-state index contributed by atoms with van der Waals surface area (Å²) in [4.78, 5) is 19.6. The molecule has 17 nitrogen and oxygen atoms in total. The van der Waals surface area contributed by atoms with Crippen molar-refractivity contribution in [2.24, 2.45) is 7.05 Å². The highest BCUT2D eigenvalue weighted by molar-refractivity contribution is 5.10. The quantitative estimate of drug-likeness (QED) is 0.139. The third-order valence-electron chi connectivity index (χ3n) is 9.50. The van der Waals surface area contributed by atoms with E-state index in [1.807, 2.05) is 59.2 Å². The predicted octanol–water partition coefficient (Wildman–Crippen LogP) is 18.1. The fourth-order valence-electron chi connectivity index (χ4n) is 4.92. The molecule has 0 atom stereocenters. The molecule has 446 valence electrons. The molecule has 78 heavy (non-hydrogen) atoms. The molecule has 0 aromatic carbocycles. The Bertz CT molecular complexity index is 2040. The highest BCUT2D eigenvalue weighted by Gasteiger charge is 2.02. The molecule has 0 aliphatic carbocycles. The van der Waals surface area contributed by atoms with Crippen LogP contribution >= 0.6 is 0 Å². The minimum atomic E-state index is 0. The number of rotatable bonds is 8. The van der Waals surface area contributed by atoms with Gasteiger partial charge in [0.05, 0.1) is 30.0 Å². The van der Waals surface area contributed by atoms with E-state index in [4.69, 9.17) is 4.42 Å². The van der Waals surface area contributed by atoms with Crippen molar-refractivity contribution in [3.8, 4) is 0 Å². The number of aromatic nitrogens is 15. The van der Waals surface area contributed by atoms with E-state index in [1.165, 1.54) is 23.2 Å². The summed E-state index contributed by atoms with van der Waals surface area (Å²) in [6.07, 6.45) is 27.5. The first-order chi connectivity index (χ1) is 32.8. The van der Waals surface area contributed by atoms with Crippen LogP contribution in [-0.4, -0.2) is 75.0 Å². The Hall–Kier alpha value is -6.91. The molecule has 0 aliphatic rings. The highest BCUT2D eigenvalue weighted by Crippen LogP contribution is 2.14. The molecule has 8 heterocycles. The molecule has 0 amide bonds. The van der Waals surface area contributed by atoms with E-state index in [9.17, 15) is 0 Å². The minimum Gasteiger partial charge on any atom is -0.448 e. The number of nitrogens with zero attached hydrogens (tertiary/aromatic N) is 15. The minimum absolute atomic E-state index is 0. The molecule has 0 unspecified atom stereocenters. The van der Waals surface area contributed by atoms with Crippen LogP contribution in [0.5, 0.6) is 0 Å². The Morgan fingerprint density at radius 1 is 0.436 bits per heavy atom. The second-order valence-electron chi connectivity index (χ2n) is 18.0. The van der Waals surface area contributed by atoms with Gasteiger partial charge in [0, 0.05) is 79.8 Å². The number of hydrogen-bond donors (Lipinski definition) is 0. The average Bonchev–Trinajstić information content (AvgIpc) is 4.21. The van der Waals surface area contributed by atoms with Gasteiger partial charge in [-0.15, -0.1) is 10.2 Å². The zero-order valence-electron chi connectivity index (χ0n) is 44.2. The molecular weight excluding hydrogens is 975 g/mol. The molecule has 8 aromatic rings. The van der Waals surface area contributed by atoms with Gasteiger partial charge in [0.25, 0.3) is 0 Å². The van der Waals surface area contributed by atoms with E-state index < -0.39 is 0 Å². The van der Waals surface area contributed by atoms with Crippen LogP contribution in [0, 0.1) is 0 Å². The van der Waals surface area contributed by atoms with Crippen LogP contribution in [0.25, 0.3) is 0 Å². The van der Waals surface area contributed by atoms with Gasteiger partial charge in [0.15, 0.2) is 6.39 Å². The molecule has 0 fully saturated rings. The van der Waals surface area contributed by atoms with Gasteiger partial charge in [0.2, 0.25) is 0 Å². The molecule has 17 heteroatoms. The summed E-state index contributed by atoms with van der Waals surface area (Å²) in [6, 6.07) is 8.40. The zero-order chi connectivity index (χ0) is 51.6. The Balaban J connectivity index is -0.0000000981. The van der Waals surface area contributed by atoms with Gasteiger partial charge in [-0.25, -0.2) is 15.0 Å². The molecule has 8 aromatic heterocycles. The van der Waals surface area contributed by atoms with Gasteiger partial charge in [-0.1, -0.05) is 169 Å². The van der Waals surface area contributed by atoms with Gasteiger partial charge >= 0.3 is 0 Å². The smallest absolute Gasteiger partial charge is 0.180 e. The van der Waals surface area contributed by atoms with E-state index in [2.05, 4.69) is 181 Å². The molecule has 0 N–H and O–H groups in total. The van der Waals surface area contributed by atoms with Crippen molar-refractivity contribution in [1.82, 2.24) is 75.0 Å². The summed E-state index contributed by atoms with van der Waals surface area (Å²) in [6.45, 7) is 33.8. The average molecular weight is 1090 g/mol. The lowest BCUT2D eigenvalue weighted by Crippen LogP contribution is -1.98. The maximum absolute atomic E-state index is 4.98. The second kappa shape index (κ2) is 53.5. The van der Waals surface area contributed by atoms with Crippen molar-refractivity contribution in [3.63, 3.8) is 0 Å². The van der Waals surface area contributed by atoms with Crippen LogP contribution < -0.4 is 0 Å². The number of aryl methyl sites for hydroxylation is 1. The Kier molecular flexibility index (Phi) is 62.1. The van der Waals surface area contributed by atoms with Gasteiger partial charge in [0.1, 0.15) is 31.0 Å². The summed E-state index contributed by atoms with van der Waals surface area (Å²) in [5.41, 5.74) is 6.98. The second-order valence-corrected chi connectivity index (χ2v) is 18.0. The molecule has 0 spiro atoms. The van der Waals surface area contributed by atoms with E-state index in [-0.39, 0.29) is 66.8 Å². The van der Waals surface area contributed by atoms with E-state index in [1.54, 1.807) is 74.8 Å². The standard InChI is InChI=1S/C7H10N2.C7H12N2.3C7H10N2.2C6H9NO.C5H9N3.9CH4/c1-6(2)7-3-8-5-9-4-7;1-6(2)7-4-5-8-9(7)3;1-6(2)7-5-8-3-4-9-7;1-6(2)7-3-4-8-9-5-7;1-6(2)7-4-3-5-8-9-7;1-5(2)6-3-7-4-8-6;1-5(2)6-3-7-8-4-6;1-5(2)8-3-6-7-4-8;;;;;;;;;/h3-6H,1-2H3;4-6H,1-3H3;3*3-6H,1-2H3;3*3-5H,1-2H3;9*1H4. The molecule has 0 bridgehead atoms. The summed E-state index contributed by atoms with van der Waals surface area (Å²) >= 11 is 0. The third-order valence-corrected chi connectivity index (χ3v) is 9.50. The van der Waals surface area contributed by atoms with Gasteiger partial charge in [-0.05, 0) is 84.7 Å². The topological polar surface area (TPSA) is 204 Å². The molecule has 0 radical (unpaired) electrons. The monoisotopic (exact) mass is 1090 g/mol. The first-order valence-corrected chi connectivity index (χ1v) is 23.5. The maximum Gasteiger partial charge on any atom is 0.180 e. The molecule has 8 rings (SSSR count). The van der Waals surface area contributed by atoms with Crippen molar-refractivity contribution in [2.45, 2.75) is 225 Å². The summed E-state index contributed by atoms with van der Waals surface area (Å²) in [5.74, 6) is 4.57. The Labute approximate surface area is 477 Å². The van der Waals surface area contributed by atoms with Crippen LogP contribution in [0.4, 0.5) is 0 Å². The lowest BCUT2D eigenvalue weighted by Gasteiger charge is -2.02. The highest BCUT2D eigenvalue weighted by atomic mass is 16.5. The van der Waals surface area contributed by atoms with Crippen molar-refractivity contribution >= 4 is 0 Å². The normalized spacial score (nSPS) is 9.09. The van der Waals surface area contributed by atoms with Crippen LogP contribution in [0.1, 0.15) is 265 Å². The van der Waals surface area contributed by atoms with Gasteiger partial charge < -0.3 is 13.5 Å². The van der Waals surface area contributed by atoms with E-state index in [0.717, 1.165) is 22.7 Å². The molecule has 0 aliphatic heterocycles. The lowest BCUT2D eigenvalue weighted by atomic mass is 10.1. The van der Waals surface area contributed by atoms with Crippen molar-refractivity contribution < 1.29 is 8.94 Å². The molecule has 0 saturated carbocycles. The summed E-state index contributed by atoms with van der Waals surface area (Å²) in [7, 11) is 1.97. The van der Waals surface area contributed by atoms with Crippen LogP contribution in [0.15, 0.2) is 133 Å². The maximum atomic E-state index is 4.98. The Morgan fingerprint density at radius 3 is 1.27 bits per heavy atom. The third kappa shape index (κ3) is 41.3. The summed E-state index contributed by atoms with van der Waals surface area (Å²) in [5, 5.41) is 30.1. The van der Waals surface area contributed by atoms with E-state index >= 15 is 0 Å². The van der Waals surface area contributed by atoms with Crippen LogP contribution in [-0.2, 0) is 7.05 Å². The van der Waals surface area contributed by atoms with Crippen LogP contribution in [0.2, 0.25) is 0 Å². The zero-order valence-corrected chi connectivity index (χ0v) is 44.2. The first kappa shape index (κ1) is 90.6. The predicted molar refractivity (Wildman–Crippen MR) is 334 cm³/mol. The SMILES string of the molecule is C.C.C.C.C.C.C.C.C.CC(C)c1cccnn1.CC(C)c1ccnn1C.CC(C)c1ccnnc1.CC(C)c1cnccn1.CC(C)c1cncnc1.CC(C)c1cnco1.CC(C)c1cnoc1.CC(C)n1cnnc1. The molecular formula is C61H115N15O2. The van der Waals surface area contributed by atoms with Crippen molar-refractivity contribution in [1.29, 1.82) is 0 Å². The van der Waals surface area contributed by atoms with Gasteiger partial charge in [-0.2, -0.15) is 25.5 Å². The van der Waals surface area contributed by atoms with Crippen LogP contribution in [0.3, 0.4) is 0 Å². The Morgan fingerprint density at radius 2 is 1.01 bits per heavy atom. The number of hydrogen-bond acceptors (Lipinski definition) is 15. The van der Waals surface area contributed by atoms with Crippen molar-refractivity contribution in [3.05, 3.63) is 164 Å². The lowest BCUT2D eigenvalue weighted by molar-refractivity contribution is 0.418. The summed E-state index contributed by atoms with van der Waals surface area (Å²) < 4.78 is 13.5. The number of oxazole rings is 1. The fourth-order valence-corrected chi connectivity index (χ4v) is 4.92. The largest absolute Gasteiger partial charge is 0.448 e. The first-order valence-electron chi connectivity index (χ1n) is 23.5.